The second kappa shape index (κ2) is 5.33. The number of rotatable bonds is 3. The first kappa shape index (κ1) is 12.8. The summed E-state index contributed by atoms with van der Waals surface area (Å²) in [6.07, 6.45) is 1.88. The lowest BCUT2D eigenvalue weighted by molar-refractivity contribution is -0.143. The lowest BCUT2D eigenvalue weighted by Crippen LogP contribution is -2.28. The minimum atomic E-state index is -0.988. The normalized spacial score (nSPS) is 23.7. The zero-order valence-electron chi connectivity index (χ0n) is 9.73. The summed E-state index contributed by atoms with van der Waals surface area (Å²) in [6, 6.07) is 3.79. The van der Waals surface area contributed by atoms with Gasteiger partial charge < -0.3 is 9.84 Å². The van der Waals surface area contributed by atoms with Gasteiger partial charge in [-0.1, -0.05) is 6.07 Å². The van der Waals surface area contributed by atoms with E-state index in [4.69, 9.17) is 9.84 Å². The number of benzene rings is 1. The van der Waals surface area contributed by atoms with Crippen LogP contribution in [-0.2, 0) is 4.79 Å². The highest BCUT2D eigenvalue weighted by molar-refractivity contribution is 5.70. The van der Waals surface area contributed by atoms with Crippen LogP contribution >= 0.6 is 0 Å². The largest absolute Gasteiger partial charge is 0.487 e. The molecule has 5 heteroatoms. The lowest BCUT2D eigenvalue weighted by atomic mass is 9.87. The monoisotopic (exact) mass is 256 g/mol. The summed E-state index contributed by atoms with van der Waals surface area (Å²) < 4.78 is 31.7. The van der Waals surface area contributed by atoms with Gasteiger partial charge in [-0.25, -0.2) is 4.39 Å². The Kier molecular flexibility index (Phi) is 3.79. The number of carboxylic acids is 1. The zero-order chi connectivity index (χ0) is 13.1. The summed E-state index contributed by atoms with van der Waals surface area (Å²) in [5.41, 5.74) is 0. The molecule has 98 valence electrons. The first-order valence-electron chi connectivity index (χ1n) is 5.91. The van der Waals surface area contributed by atoms with E-state index < -0.39 is 17.6 Å². The van der Waals surface area contributed by atoms with E-state index in [0.29, 0.717) is 25.7 Å². The standard InChI is InChI=1S/C13H14F2O3/c14-10-2-1-3-11(12(10)15)18-9-6-4-8(5-7-9)13(16)17/h1-3,8-9H,4-7H2,(H,16,17). The van der Waals surface area contributed by atoms with Crippen LogP contribution in [0.15, 0.2) is 18.2 Å². The van der Waals surface area contributed by atoms with Crippen molar-refractivity contribution in [3.05, 3.63) is 29.8 Å². The zero-order valence-corrected chi connectivity index (χ0v) is 9.73. The van der Waals surface area contributed by atoms with Crippen LogP contribution in [0.2, 0.25) is 0 Å². The molecule has 0 unspecified atom stereocenters. The van der Waals surface area contributed by atoms with Gasteiger partial charge in [-0.05, 0) is 37.8 Å². The van der Waals surface area contributed by atoms with Crippen LogP contribution in [0.4, 0.5) is 8.78 Å². The molecule has 0 atom stereocenters. The maximum absolute atomic E-state index is 13.4. The summed E-state index contributed by atoms with van der Waals surface area (Å²) in [5.74, 6) is -3.18. The maximum Gasteiger partial charge on any atom is 0.306 e. The van der Waals surface area contributed by atoms with Crippen LogP contribution in [0.1, 0.15) is 25.7 Å². The molecule has 1 fully saturated rings. The Labute approximate surface area is 103 Å². The molecule has 2 rings (SSSR count). The molecule has 3 nitrogen and oxygen atoms in total. The molecular formula is C13H14F2O3. The first-order valence-corrected chi connectivity index (χ1v) is 5.91. The first-order chi connectivity index (χ1) is 8.58. The predicted octanol–water partition coefficient (Wildman–Crippen LogP) is 2.99. The molecule has 0 radical (unpaired) electrons. The van der Waals surface area contributed by atoms with Gasteiger partial charge in [0, 0.05) is 0 Å². The van der Waals surface area contributed by atoms with Crippen molar-refractivity contribution in [3.8, 4) is 5.75 Å². The maximum atomic E-state index is 13.4. The van der Waals surface area contributed by atoms with E-state index in [1.165, 1.54) is 12.1 Å². The van der Waals surface area contributed by atoms with Crippen molar-refractivity contribution in [1.29, 1.82) is 0 Å². The number of hydrogen-bond donors (Lipinski definition) is 1. The smallest absolute Gasteiger partial charge is 0.306 e. The molecule has 1 aliphatic carbocycles. The van der Waals surface area contributed by atoms with Crippen LogP contribution in [-0.4, -0.2) is 17.2 Å². The summed E-state index contributed by atoms with van der Waals surface area (Å²) in [7, 11) is 0. The fraction of sp³-hybridized carbons (Fsp3) is 0.462. The number of halogens is 2. The number of ether oxygens (including phenoxy) is 1. The predicted molar refractivity (Wildman–Crippen MR) is 60.4 cm³/mol. The molecule has 1 saturated carbocycles. The van der Waals surface area contributed by atoms with E-state index in [1.807, 2.05) is 0 Å². The number of aliphatic carboxylic acids is 1. The van der Waals surface area contributed by atoms with Crippen molar-refractivity contribution in [2.45, 2.75) is 31.8 Å². The number of carboxylic acid groups (broad SMARTS) is 1. The molecule has 0 aliphatic heterocycles. The highest BCUT2D eigenvalue weighted by Crippen LogP contribution is 2.29. The number of hydrogen-bond acceptors (Lipinski definition) is 2. The highest BCUT2D eigenvalue weighted by Gasteiger charge is 2.27. The van der Waals surface area contributed by atoms with E-state index in [0.717, 1.165) is 6.07 Å². The molecule has 18 heavy (non-hydrogen) atoms. The van der Waals surface area contributed by atoms with Gasteiger partial charge in [0.2, 0.25) is 5.82 Å². The van der Waals surface area contributed by atoms with Gasteiger partial charge in [0.1, 0.15) is 0 Å². The van der Waals surface area contributed by atoms with Crippen LogP contribution in [0, 0.1) is 17.6 Å². The van der Waals surface area contributed by atoms with Crippen LogP contribution < -0.4 is 4.74 Å². The average Bonchev–Trinajstić information content (AvgIpc) is 2.36. The van der Waals surface area contributed by atoms with E-state index in [2.05, 4.69) is 0 Å². The molecule has 0 heterocycles. The quantitative estimate of drug-likeness (QED) is 0.904. The van der Waals surface area contributed by atoms with Crippen LogP contribution in [0.3, 0.4) is 0 Å². The second-order valence-electron chi connectivity index (χ2n) is 4.48. The minimum absolute atomic E-state index is 0.103. The molecule has 0 spiro atoms. The van der Waals surface area contributed by atoms with Crippen molar-refractivity contribution in [2.75, 3.05) is 0 Å². The van der Waals surface area contributed by atoms with Crippen LogP contribution in [0.25, 0.3) is 0 Å². The van der Waals surface area contributed by atoms with Gasteiger partial charge in [-0.2, -0.15) is 4.39 Å². The molecule has 0 aromatic heterocycles. The fourth-order valence-electron chi connectivity index (χ4n) is 2.18. The summed E-state index contributed by atoms with van der Waals surface area (Å²) in [5, 5.41) is 8.84. The Morgan fingerprint density at radius 1 is 1.22 bits per heavy atom. The van der Waals surface area contributed by atoms with Crippen molar-refractivity contribution >= 4 is 5.97 Å². The van der Waals surface area contributed by atoms with Crippen molar-refractivity contribution in [1.82, 2.24) is 0 Å². The Morgan fingerprint density at radius 3 is 2.50 bits per heavy atom. The Bertz CT molecular complexity index is 440. The third-order valence-electron chi connectivity index (χ3n) is 3.23. The highest BCUT2D eigenvalue weighted by atomic mass is 19.2. The molecule has 0 bridgehead atoms. The molecule has 1 aromatic carbocycles. The molecule has 1 aliphatic rings. The van der Waals surface area contributed by atoms with Gasteiger partial charge in [-0.15, -0.1) is 0 Å². The topological polar surface area (TPSA) is 46.5 Å². The Morgan fingerprint density at radius 2 is 1.89 bits per heavy atom. The van der Waals surface area contributed by atoms with Gasteiger partial charge >= 0.3 is 5.97 Å². The molecule has 1 aromatic rings. The van der Waals surface area contributed by atoms with Gasteiger partial charge in [-0.3, -0.25) is 4.79 Å². The van der Waals surface area contributed by atoms with Gasteiger partial charge in [0.15, 0.2) is 11.6 Å². The fourth-order valence-corrected chi connectivity index (χ4v) is 2.18. The Balaban J connectivity index is 1.96. The second-order valence-corrected chi connectivity index (χ2v) is 4.48. The van der Waals surface area contributed by atoms with Gasteiger partial charge in [0.25, 0.3) is 0 Å². The van der Waals surface area contributed by atoms with E-state index in [9.17, 15) is 13.6 Å². The molecular weight excluding hydrogens is 242 g/mol. The Hall–Kier alpha value is -1.65. The van der Waals surface area contributed by atoms with Crippen molar-refractivity contribution in [3.63, 3.8) is 0 Å². The van der Waals surface area contributed by atoms with Crippen molar-refractivity contribution in [2.24, 2.45) is 5.92 Å². The van der Waals surface area contributed by atoms with Crippen molar-refractivity contribution < 1.29 is 23.4 Å². The number of carbonyl (C=O) groups is 1. The third-order valence-corrected chi connectivity index (χ3v) is 3.23. The minimum Gasteiger partial charge on any atom is -0.487 e. The van der Waals surface area contributed by atoms with E-state index >= 15 is 0 Å². The molecule has 1 N–H and O–H groups in total. The summed E-state index contributed by atoms with van der Waals surface area (Å²) >= 11 is 0. The third kappa shape index (κ3) is 2.78. The SMILES string of the molecule is O=C(O)C1CCC(Oc2cccc(F)c2F)CC1. The average molecular weight is 256 g/mol. The lowest BCUT2D eigenvalue weighted by Gasteiger charge is -2.26. The van der Waals surface area contributed by atoms with Crippen LogP contribution in [0.5, 0.6) is 5.75 Å². The summed E-state index contributed by atoms with van der Waals surface area (Å²) in [6.45, 7) is 0. The van der Waals surface area contributed by atoms with E-state index in [1.54, 1.807) is 0 Å². The molecule has 0 amide bonds. The van der Waals surface area contributed by atoms with Gasteiger partial charge in [0.05, 0.1) is 12.0 Å². The molecule has 0 saturated heterocycles. The summed E-state index contributed by atoms with van der Waals surface area (Å²) in [4.78, 5) is 10.8. The van der Waals surface area contributed by atoms with E-state index in [-0.39, 0.29) is 17.8 Å².